The molecule has 10 rings (SSSR count). The highest BCUT2D eigenvalue weighted by Crippen LogP contribution is 2.51. The first kappa shape index (κ1) is 30.4. The van der Waals surface area contributed by atoms with E-state index in [-0.39, 0.29) is 5.41 Å². The van der Waals surface area contributed by atoms with Gasteiger partial charge in [-0.2, -0.15) is 0 Å². The minimum atomic E-state index is -0.0901. The van der Waals surface area contributed by atoms with E-state index in [1.54, 1.807) is 0 Å². The Morgan fingerprint density at radius 1 is 0.327 bits per heavy atom. The standard InChI is InChI=1S/C51H37N/c1-51(2)49-18-9-8-15-47(49)48-30-28-42(33-50(48)51)52(41-27-23-38-31-37(19-20-39(38)32-41)34-11-4-3-5-12-34)40-25-21-36(22-26-40)44-16-10-17-45-43-14-7-6-13-35(43)24-29-46(44)45/h3-33H,1-2H3. The van der Waals surface area contributed by atoms with Gasteiger partial charge in [-0.3, -0.25) is 0 Å². The van der Waals surface area contributed by atoms with Gasteiger partial charge in [0.2, 0.25) is 0 Å². The summed E-state index contributed by atoms with van der Waals surface area (Å²) in [6.07, 6.45) is 0. The maximum absolute atomic E-state index is 2.42. The van der Waals surface area contributed by atoms with Gasteiger partial charge in [0.1, 0.15) is 0 Å². The highest BCUT2D eigenvalue weighted by molar-refractivity contribution is 6.12. The molecule has 0 saturated heterocycles. The number of hydrogen-bond acceptors (Lipinski definition) is 1. The summed E-state index contributed by atoms with van der Waals surface area (Å²) in [6.45, 7) is 4.71. The van der Waals surface area contributed by atoms with Crippen molar-refractivity contribution in [3.8, 4) is 33.4 Å². The Hall–Kier alpha value is -6.44. The van der Waals surface area contributed by atoms with E-state index in [2.05, 4.69) is 207 Å². The highest BCUT2D eigenvalue weighted by Gasteiger charge is 2.35. The van der Waals surface area contributed by atoms with Crippen LogP contribution in [0.15, 0.2) is 188 Å². The lowest BCUT2D eigenvalue weighted by Crippen LogP contribution is -2.16. The van der Waals surface area contributed by atoms with Crippen molar-refractivity contribution >= 4 is 49.4 Å². The molecule has 0 amide bonds. The molecule has 0 fully saturated rings. The molecule has 0 spiro atoms. The van der Waals surface area contributed by atoms with Crippen molar-refractivity contribution in [1.82, 2.24) is 0 Å². The van der Waals surface area contributed by atoms with Gasteiger partial charge >= 0.3 is 0 Å². The second-order valence-corrected chi connectivity index (χ2v) is 14.6. The number of nitrogens with zero attached hydrogens (tertiary/aromatic N) is 1. The average molecular weight is 664 g/mol. The van der Waals surface area contributed by atoms with Crippen LogP contribution in [-0.2, 0) is 5.41 Å². The Bertz CT molecular complexity index is 2810. The van der Waals surface area contributed by atoms with Crippen LogP contribution in [0.25, 0.3) is 65.7 Å². The van der Waals surface area contributed by atoms with Gasteiger partial charge in [0.25, 0.3) is 0 Å². The van der Waals surface area contributed by atoms with E-state index in [9.17, 15) is 0 Å². The van der Waals surface area contributed by atoms with E-state index >= 15 is 0 Å². The third-order valence-corrected chi connectivity index (χ3v) is 11.2. The molecule has 246 valence electrons. The molecule has 0 atom stereocenters. The summed E-state index contributed by atoms with van der Waals surface area (Å²) in [5.74, 6) is 0. The van der Waals surface area contributed by atoms with Gasteiger partial charge in [-0.15, -0.1) is 0 Å². The van der Waals surface area contributed by atoms with Crippen LogP contribution in [-0.4, -0.2) is 0 Å². The van der Waals surface area contributed by atoms with Gasteiger partial charge in [0, 0.05) is 22.5 Å². The van der Waals surface area contributed by atoms with Gasteiger partial charge in [0.05, 0.1) is 0 Å². The van der Waals surface area contributed by atoms with E-state index in [0.29, 0.717) is 0 Å². The van der Waals surface area contributed by atoms with Gasteiger partial charge in [-0.05, 0) is 119 Å². The molecule has 1 aliphatic carbocycles. The lowest BCUT2D eigenvalue weighted by molar-refractivity contribution is 0.660. The maximum Gasteiger partial charge on any atom is 0.0468 e. The van der Waals surface area contributed by atoms with Crippen LogP contribution in [0.2, 0.25) is 0 Å². The van der Waals surface area contributed by atoms with Crippen LogP contribution in [0.5, 0.6) is 0 Å². The molecule has 1 nitrogen and oxygen atoms in total. The number of benzene rings is 9. The van der Waals surface area contributed by atoms with Gasteiger partial charge in [0.15, 0.2) is 0 Å². The smallest absolute Gasteiger partial charge is 0.0468 e. The van der Waals surface area contributed by atoms with Gasteiger partial charge < -0.3 is 4.90 Å². The zero-order valence-corrected chi connectivity index (χ0v) is 29.3. The molecule has 0 aromatic heterocycles. The first-order valence-electron chi connectivity index (χ1n) is 18.2. The molecular formula is C51H37N. The minimum absolute atomic E-state index is 0.0901. The van der Waals surface area contributed by atoms with E-state index < -0.39 is 0 Å². The second kappa shape index (κ2) is 11.8. The number of rotatable bonds is 5. The third-order valence-electron chi connectivity index (χ3n) is 11.2. The van der Waals surface area contributed by atoms with E-state index in [0.717, 1.165) is 17.1 Å². The van der Waals surface area contributed by atoms with Crippen molar-refractivity contribution in [3.63, 3.8) is 0 Å². The second-order valence-electron chi connectivity index (χ2n) is 14.6. The summed E-state index contributed by atoms with van der Waals surface area (Å²) in [5, 5.41) is 7.57. The minimum Gasteiger partial charge on any atom is -0.310 e. The molecule has 0 bridgehead atoms. The summed E-state index contributed by atoms with van der Waals surface area (Å²) < 4.78 is 0. The predicted molar refractivity (Wildman–Crippen MR) is 222 cm³/mol. The van der Waals surface area contributed by atoms with Crippen LogP contribution in [0.4, 0.5) is 17.1 Å². The summed E-state index contributed by atoms with van der Waals surface area (Å²) in [4.78, 5) is 2.42. The molecule has 52 heavy (non-hydrogen) atoms. The molecule has 0 unspecified atom stereocenters. The molecule has 0 saturated carbocycles. The van der Waals surface area contributed by atoms with Crippen molar-refractivity contribution in [3.05, 3.63) is 199 Å². The summed E-state index contributed by atoms with van der Waals surface area (Å²) in [7, 11) is 0. The molecule has 0 aliphatic heterocycles. The predicted octanol–water partition coefficient (Wildman–Crippen LogP) is 14.3. The number of hydrogen-bond donors (Lipinski definition) is 0. The average Bonchev–Trinajstić information content (AvgIpc) is 3.43. The van der Waals surface area contributed by atoms with Crippen LogP contribution < -0.4 is 4.90 Å². The Morgan fingerprint density at radius 3 is 1.83 bits per heavy atom. The van der Waals surface area contributed by atoms with Crippen molar-refractivity contribution in [1.29, 1.82) is 0 Å². The van der Waals surface area contributed by atoms with Crippen molar-refractivity contribution in [2.75, 3.05) is 4.90 Å². The molecule has 0 heterocycles. The molecular weight excluding hydrogens is 627 g/mol. The fourth-order valence-corrected chi connectivity index (χ4v) is 8.54. The van der Waals surface area contributed by atoms with Gasteiger partial charge in [-0.25, -0.2) is 0 Å². The summed E-state index contributed by atoms with van der Waals surface area (Å²) in [5.41, 5.74) is 13.7. The maximum atomic E-state index is 2.42. The van der Waals surface area contributed by atoms with Crippen LogP contribution >= 0.6 is 0 Å². The normalized spacial score (nSPS) is 13.0. The lowest BCUT2D eigenvalue weighted by atomic mass is 9.82. The fourth-order valence-electron chi connectivity index (χ4n) is 8.54. The largest absolute Gasteiger partial charge is 0.310 e. The Labute approximate surface area is 305 Å². The number of fused-ring (bicyclic) bond motifs is 7. The molecule has 9 aromatic rings. The van der Waals surface area contributed by atoms with Gasteiger partial charge in [-0.1, -0.05) is 159 Å². The molecule has 0 radical (unpaired) electrons. The van der Waals surface area contributed by atoms with E-state index in [1.807, 2.05) is 0 Å². The molecule has 1 aliphatic rings. The highest BCUT2D eigenvalue weighted by atomic mass is 15.1. The monoisotopic (exact) mass is 663 g/mol. The zero-order valence-electron chi connectivity index (χ0n) is 29.3. The van der Waals surface area contributed by atoms with E-state index in [4.69, 9.17) is 0 Å². The fraction of sp³-hybridized carbons (Fsp3) is 0.0588. The molecule has 9 aromatic carbocycles. The van der Waals surface area contributed by atoms with Crippen molar-refractivity contribution in [2.45, 2.75) is 19.3 Å². The summed E-state index contributed by atoms with van der Waals surface area (Å²) >= 11 is 0. The van der Waals surface area contributed by atoms with E-state index in [1.165, 1.54) is 76.8 Å². The van der Waals surface area contributed by atoms with Crippen LogP contribution in [0, 0.1) is 0 Å². The zero-order chi connectivity index (χ0) is 34.8. The number of anilines is 3. The molecule has 1 heteroatoms. The van der Waals surface area contributed by atoms with Crippen molar-refractivity contribution < 1.29 is 0 Å². The van der Waals surface area contributed by atoms with Crippen LogP contribution in [0.1, 0.15) is 25.0 Å². The first-order chi connectivity index (χ1) is 25.5. The quantitative estimate of drug-likeness (QED) is 0.166. The summed E-state index contributed by atoms with van der Waals surface area (Å²) in [6, 6.07) is 69.2. The first-order valence-corrected chi connectivity index (χ1v) is 18.2. The Balaban J connectivity index is 1.10. The Morgan fingerprint density at radius 2 is 0.942 bits per heavy atom. The SMILES string of the molecule is CC1(C)c2ccccc2-c2ccc(N(c3ccc(-c4cccc5c4ccc4ccccc45)cc3)c3ccc4cc(-c5ccccc5)ccc4c3)cc21. The lowest BCUT2D eigenvalue weighted by Gasteiger charge is -2.28. The van der Waals surface area contributed by atoms with Crippen molar-refractivity contribution in [2.24, 2.45) is 0 Å². The molecule has 0 N–H and O–H groups in total. The third kappa shape index (κ3) is 4.85. The van der Waals surface area contributed by atoms with Crippen LogP contribution in [0.3, 0.4) is 0 Å². The Kier molecular flexibility index (Phi) is 6.91. The topological polar surface area (TPSA) is 3.24 Å².